The summed E-state index contributed by atoms with van der Waals surface area (Å²) in [6.07, 6.45) is 0.705. The van der Waals surface area contributed by atoms with Crippen LogP contribution >= 0.6 is 11.3 Å². The number of nitrogens with zero attached hydrogens (tertiary/aromatic N) is 1. The van der Waals surface area contributed by atoms with Crippen LogP contribution in [0.3, 0.4) is 0 Å². The highest BCUT2D eigenvalue weighted by Crippen LogP contribution is 2.23. The lowest BCUT2D eigenvalue weighted by Gasteiger charge is -2.10. The molecule has 0 spiro atoms. The molecule has 2 unspecified atom stereocenters. The minimum Gasteiger partial charge on any atom is -0.370 e. The van der Waals surface area contributed by atoms with E-state index in [4.69, 9.17) is 4.74 Å². The molecule has 2 atom stereocenters. The third kappa shape index (κ3) is 1.72. The quantitative estimate of drug-likeness (QED) is 0.703. The number of aryl methyl sites for hydroxylation is 1. The third-order valence-electron chi connectivity index (χ3n) is 2.52. The molecule has 4 heteroatoms. The van der Waals surface area contributed by atoms with Gasteiger partial charge >= 0.3 is 0 Å². The molecule has 0 aromatic carbocycles. The second-order valence-electron chi connectivity index (χ2n) is 3.67. The number of Topliss-reactive ketones (excluding diaryl/α,β-unsaturated/α-hetero) is 1. The summed E-state index contributed by atoms with van der Waals surface area (Å²) in [6.45, 7) is 4.65. The maximum absolute atomic E-state index is 11.9. The average molecular weight is 211 g/mol. The van der Waals surface area contributed by atoms with Gasteiger partial charge in [-0.15, -0.1) is 11.3 Å². The number of hydrogen-bond acceptors (Lipinski definition) is 4. The lowest BCUT2D eigenvalue weighted by atomic mass is 9.99. The molecule has 0 bridgehead atoms. The van der Waals surface area contributed by atoms with Crippen LogP contribution in [0.2, 0.25) is 0 Å². The number of thiazole rings is 1. The molecule has 2 rings (SSSR count). The van der Waals surface area contributed by atoms with Crippen molar-refractivity contribution in [2.24, 2.45) is 5.92 Å². The Labute approximate surface area is 87.1 Å². The SMILES string of the molecule is Cc1nc(C(=O)C2OCCC2C)cs1. The molecule has 0 saturated carbocycles. The molecule has 1 fully saturated rings. The van der Waals surface area contributed by atoms with Crippen LogP contribution in [0.5, 0.6) is 0 Å². The normalized spacial score (nSPS) is 26.7. The Kier molecular flexibility index (Phi) is 2.65. The van der Waals surface area contributed by atoms with E-state index in [-0.39, 0.29) is 11.9 Å². The average Bonchev–Trinajstić information content (AvgIpc) is 2.73. The first-order chi connectivity index (χ1) is 6.68. The van der Waals surface area contributed by atoms with E-state index < -0.39 is 0 Å². The number of rotatable bonds is 2. The van der Waals surface area contributed by atoms with E-state index in [0.29, 0.717) is 18.2 Å². The summed E-state index contributed by atoms with van der Waals surface area (Å²) in [5.41, 5.74) is 0.561. The van der Waals surface area contributed by atoms with E-state index in [0.717, 1.165) is 11.4 Å². The Morgan fingerprint density at radius 2 is 2.50 bits per heavy atom. The Morgan fingerprint density at radius 3 is 3.00 bits per heavy atom. The Hall–Kier alpha value is -0.740. The van der Waals surface area contributed by atoms with E-state index in [9.17, 15) is 4.79 Å². The summed E-state index contributed by atoms with van der Waals surface area (Å²) in [5.74, 6) is 0.365. The third-order valence-corrected chi connectivity index (χ3v) is 3.29. The minimum absolute atomic E-state index is 0.0411. The maximum atomic E-state index is 11.9. The van der Waals surface area contributed by atoms with Crippen molar-refractivity contribution in [1.29, 1.82) is 0 Å². The molecule has 1 aromatic rings. The molecule has 1 aromatic heterocycles. The molecule has 1 saturated heterocycles. The summed E-state index contributed by atoms with van der Waals surface area (Å²) in [7, 11) is 0. The number of ether oxygens (including phenoxy) is 1. The van der Waals surface area contributed by atoms with Gasteiger partial charge in [-0.25, -0.2) is 4.98 Å². The molecular formula is C10H13NO2S. The van der Waals surface area contributed by atoms with Crippen LogP contribution in [0.1, 0.15) is 28.8 Å². The van der Waals surface area contributed by atoms with E-state index in [2.05, 4.69) is 11.9 Å². The van der Waals surface area contributed by atoms with Crippen molar-refractivity contribution in [2.45, 2.75) is 26.4 Å². The summed E-state index contributed by atoms with van der Waals surface area (Å²) >= 11 is 1.51. The highest BCUT2D eigenvalue weighted by atomic mass is 32.1. The lowest BCUT2D eigenvalue weighted by molar-refractivity contribution is 0.0575. The number of carbonyl (C=O) groups is 1. The van der Waals surface area contributed by atoms with Crippen molar-refractivity contribution < 1.29 is 9.53 Å². The van der Waals surface area contributed by atoms with Gasteiger partial charge in [0.2, 0.25) is 5.78 Å². The van der Waals surface area contributed by atoms with Crippen molar-refractivity contribution >= 4 is 17.1 Å². The molecular weight excluding hydrogens is 198 g/mol. The van der Waals surface area contributed by atoms with Crippen LogP contribution in [0.15, 0.2) is 5.38 Å². The molecule has 14 heavy (non-hydrogen) atoms. The zero-order valence-electron chi connectivity index (χ0n) is 8.32. The van der Waals surface area contributed by atoms with Crippen molar-refractivity contribution in [3.05, 3.63) is 16.1 Å². The van der Waals surface area contributed by atoms with Crippen LogP contribution in [-0.2, 0) is 4.74 Å². The highest BCUT2D eigenvalue weighted by Gasteiger charge is 2.32. The summed E-state index contributed by atoms with van der Waals surface area (Å²) in [4.78, 5) is 16.1. The van der Waals surface area contributed by atoms with Crippen LogP contribution in [0.25, 0.3) is 0 Å². The van der Waals surface area contributed by atoms with Crippen LogP contribution < -0.4 is 0 Å². The predicted octanol–water partition coefficient (Wildman–Crippen LogP) is 2.06. The first-order valence-electron chi connectivity index (χ1n) is 4.76. The smallest absolute Gasteiger partial charge is 0.210 e. The molecule has 76 valence electrons. The Balaban J connectivity index is 2.15. The molecule has 3 nitrogen and oxygen atoms in total. The lowest BCUT2D eigenvalue weighted by Crippen LogP contribution is -2.25. The molecule has 0 radical (unpaired) electrons. The van der Waals surface area contributed by atoms with Gasteiger partial charge in [0, 0.05) is 12.0 Å². The molecule has 0 N–H and O–H groups in total. The van der Waals surface area contributed by atoms with Crippen LogP contribution in [0.4, 0.5) is 0 Å². The highest BCUT2D eigenvalue weighted by molar-refractivity contribution is 7.09. The maximum Gasteiger partial charge on any atom is 0.210 e. The van der Waals surface area contributed by atoms with Gasteiger partial charge in [-0.05, 0) is 19.3 Å². The number of aromatic nitrogens is 1. The fourth-order valence-electron chi connectivity index (χ4n) is 1.65. The fraction of sp³-hybridized carbons (Fsp3) is 0.600. The largest absolute Gasteiger partial charge is 0.370 e. The first kappa shape index (κ1) is 9.80. The van der Waals surface area contributed by atoms with E-state index in [1.165, 1.54) is 11.3 Å². The van der Waals surface area contributed by atoms with E-state index in [1.807, 2.05) is 12.3 Å². The standard InChI is InChI=1S/C10H13NO2S/c1-6-3-4-13-10(6)9(12)8-5-14-7(2)11-8/h5-6,10H,3-4H2,1-2H3. The van der Waals surface area contributed by atoms with Crippen molar-refractivity contribution in [3.63, 3.8) is 0 Å². The zero-order chi connectivity index (χ0) is 10.1. The molecule has 1 aliphatic rings. The van der Waals surface area contributed by atoms with Gasteiger partial charge in [0.1, 0.15) is 11.8 Å². The van der Waals surface area contributed by atoms with E-state index >= 15 is 0 Å². The summed E-state index contributed by atoms with van der Waals surface area (Å²) in [5, 5.41) is 2.74. The molecule has 2 heterocycles. The second-order valence-corrected chi connectivity index (χ2v) is 4.74. The van der Waals surface area contributed by atoms with Crippen molar-refractivity contribution in [1.82, 2.24) is 4.98 Å². The fourth-order valence-corrected chi connectivity index (χ4v) is 2.26. The molecule has 1 aliphatic heterocycles. The van der Waals surface area contributed by atoms with Crippen LogP contribution in [0, 0.1) is 12.8 Å². The van der Waals surface area contributed by atoms with Gasteiger partial charge in [0.15, 0.2) is 0 Å². The monoisotopic (exact) mass is 211 g/mol. The zero-order valence-corrected chi connectivity index (χ0v) is 9.13. The van der Waals surface area contributed by atoms with E-state index in [1.54, 1.807) is 0 Å². The first-order valence-corrected chi connectivity index (χ1v) is 5.64. The molecule has 0 amide bonds. The van der Waals surface area contributed by atoms with Gasteiger partial charge in [0.25, 0.3) is 0 Å². The van der Waals surface area contributed by atoms with Gasteiger partial charge in [0.05, 0.1) is 5.01 Å². The van der Waals surface area contributed by atoms with Crippen LogP contribution in [-0.4, -0.2) is 23.5 Å². The van der Waals surface area contributed by atoms with Gasteiger partial charge in [-0.2, -0.15) is 0 Å². The second kappa shape index (κ2) is 3.79. The Bertz CT molecular complexity index is 348. The topological polar surface area (TPSA) is 39.2 Å². The number of carbonyl (C=O) groups excluding carboxylic acids is 1. The minimum atomic E-state index is -0.267. The molecule has 0 aliphatic carbocycles. The number of ketones is 1. The van der Waals surface area contributed by atoms with Crippen molar-refractivity contribution in [3.8, 4) is 0 Å². The Morgan fingerprint density at radius 1 is 1.71 bits per heavy atom. The summed E-state index contributed by atoms with van der Waals surface area (Å²) < 4.78 is 5.41. The number of hydrogen-bond donors (Lipinski definition) is 0. The predicted molar refractivity (Wildman–Crippen MR) is 54.7 cm³/mol. The van der Waals surface area contributed by atoms with Gasteiger partial charge in [-0.3, -0.25) is 4.79 Å². The summed E-state index contributed by atoms with van der Waals surface area (Å²) in [6, 6.07) is 0. The van der Waals surface area contributed by atoms with Gasteiger partial charge < -0.3 is 4.74 Å². The van der Waals surface area contributed by atoms with Gasteiger partial charge in [-0.1, -0.05) is 6.92 Å². The van der Waals surface area contributed by atoms with Crippen molar-refractivity contribution in [2.75, 3.05) is 6.61 Å².